The van der Waals surface area contributed by atoms with Gasteiger partial charge in [-0.3, -0.25) is 4.79 Å². The predicted molar refractivity (Wildman–Crippen MR) is 115 cm³/mol. The largest absolute Gasteiger partial charge is 0.465 e. The van der Waals surface area contributed by atoms with Crippen molar-refractivity contribution in [1.29, 1.82) is 0 Å². The van der Waals surface area contributed by atoms with Crippen LogP contribution in [0.25, 0.3) is 10.2 Å². The van der Waals surface area contributed by atoms with Crippen LogP contribution in [0.5, 0.6) is 0 Å². The standard InChI is InChI=1S/C19H19N3O5S3/c1-27-18(24)12-7-8-13-15(11-12)29-19(20-13)21-17(23)14-5-2-3-9-22(14)30(25,26)16-6-4-10-28-16/h4,6-8,10-11,14H,2-3,5,9H2,1H3,(H,20,21,23). The van der Waals surface area contributed by atoms with Gasteiger partial charge >= 0.3 is 5.97 Å². The number of hydrogen-bond donors (Lipinski definition) is 1. The third-order valence-corrected chi connectivity index (χ3v) is 9.07. The zero-order valence-corrected chi connectivity index (χ0v) is 18.5. The van der Waals surface area contributed by atoms with Gasteiger partial charge in [0.05, 0.1) is 22.9 Å². The maximum Gasteiger partial charge on any atom is 0.337 e. The van der Waals surface area contributed by atoms with Crippen LogP contribution >= 0.6 is 22.7 Å². The molecule has 3 heterocycles. The lowest BCUT2D eigenvalue weighted by molar-refractivity contribution is -0.120. The first-order valence-corrected chi connectivity index (χ1v) is 12.4. The first-order valence-electron chi connectivity index (χ1n) is 9.25. The molecule has 0 saturated carbocycles. The number of thiazole rings is 1. The van der Waals surface area contributed by atoms with Gasteiger partial charge in [-0.05, 0) is 42.5 Å². The van der Waals surface area contributed by atoms with E-state index in [1.807, 2.05) is 0 Å². The molecule has 158 valence electrons. The molecule has 4 rings (SSSR count). The summed E-state index contributed by atoms with van der Waals surface area (Å²) in [5, 5.41) is 4.82. The Morgan fingerprint density at radius 1 is 1.27 bits per heavy atom. The van der Waals surface area contributed by atoms with Crippen molar-refractivity contribution in [2.75, 3.05) is 19.0 Å². The second-order valence-electron chi connectivity index (χ2n) is 6.74. The lowest BCUT2D eigenvalue weighted by Crippen LogP contribution is -2.49. The fourth-order valence-electron chi connectivity index (χ4n) is 3.39. The number of piperidine rings is 1. The fourth-order valence-corrected chi connectivity index (χ4v) is 7.08. The van der Waals surface area contributed by atoms with E-state index in [1.54, 1.807) is 35.7 Å². The molecule has 2 aromatic heterocycles. The average molecular weight is 466 g/mol. The van der Waals surface area contributed by atoms with Gasteiger partial charge < -0.3 is 10.1 Å². The number of ether oxygens (including phenoxy) is 1. The average Bonchev–Trinajstić information content (AvgIpc) is 3.42. The minimum Gasteiger partial charge on any atom is -0.465 e. The summed E-state index contributed by atoms with van der Waals surface area (Å²) in [4.78, 5) is 29.1. The van der Waals surface area contributed by atoms with Gasteiger partial charge in [0.1, 0.15) is 10.3 Å². The minimum absolute atomic E-state index is 0.234. The van der Waals surface area contributed by atoms with Gasteiger partial charge in [-0.2, -0.15) is 4.31 Å². The zero-order chi connectivity index (χ0) is 21.3. The van der Waals surface area contributed by atoms with Gasteiger partial charge in [0, 0.05) is 6.54 Å². The molecule has 1 fully saturated rings. The molecule has 1 amide bonds. The Labute approximate surface area is 181 Å². The number of sulfonamides is 1. The Morgan fingerprint density at radius 2 is 2.10 bits per heavy atom. The van der Waals surface area contributed by atoms with Crippen LogP contribution in [0.2, 0.25) is 0 Å². The molecule has 0 bridgehead atoms. The summed E-state index contributed by atoms with van der Waals surface area (Å²) in [6.45, 7) is 0.306. The molecule has 1 unspecified atom stereocenters. The number of amides is 1. The highest BCUT2D eigenvalue weighted by molar-refractivity contribution is 7.91. The van der Waals surface area contributed by atoms with Gasteiger partial charge in [0.15, 0.2) is 5.13 Å². The topological polar surface area (TPSA) is 106 Å². The van der Waals surface area contributed by atoms with Gasteiger partial charge in [0.25, 0.3) is 10.0 Å². The van der Waals surface area contributed by atoms with Crippen molar-refractivity contribution < 1.29 is 22.7 Å². The first kappa shape index (κ1) is 20.9. The van der Waals surface area contributed by atoms with Crippen LogP contribution in [0, 0.1) is 0 Å². The SMILES string of the molecule is COC(=O)c1ccc2nc(NC(=O)C3CCCCN3S(=O)(=O)c3cccs3)sc2c1. The highest BCUT2D eigenvalue weighted by atomic mass is 32.2. The number of esters is 1. The van der Waals surface area contributed by atoms with Crippen molar-refractivity contribution in [3.63, 3.8) is 0 Å². The lowest BCUT2D eigenvalue weighted by Gasteiger charge is -2.32. The molecule has 3 aromatic rings. The van der Waals surface area contributed by atoms with E-state index in [-0.39, 0.29) is 4.21 Å². The molecule has 0 radical (unpaired) electrons. The Balaban J connectivity index is 1.57. The summed E-state index contributed by atoms with van der Waals surface area (Å²) < 4.78 is 32.9. The molecule has 30 heavy (non-hydrogen) atoms. The van der Waals surface area contributed by atoms with Crippen LogP contribution in [0.3, 0.4) is 0 Å². The van der Waals surface area contributed by atoms with Crippen molar-refractivity contribution in [1.82, 2.24) is 9.29 Å². The lowest BCUT2D eigenvalue weighted by atomic mass is 10.0. The predicted octanol–water partition coefficient (Wildman–Crippen LogP) is 3.33. The molecule has 1 N–H and O–H groups in total. The summed E-state index contributed by atoms with van der Waals surface area (Å²) >= 11 is 2.36. The number of anilines is 1. The van der Waals surface area contributed by atoms with Crippen LogP contribution in [0.4, 0.5) is 5.13 Å². The summed E-state index contributed by atoms with van der Waals surface area (Å²) in [7, 11) is -2.41. The number of benzene rings is 1. The molecule has 8 nitrogen and oxygen atoms in total. The molecule has 1 saturated heterocycles. The monoisotopic (exact) mass is 465 g/mol. The van der Waals surface area contributed by atoms with E-state index in [0.717, 1.165) is 22.5 Å². The molecular weight excluding hydrogens is 446 g/mol. The molecule has 0 aliphatic carbocycles. The van der Waals surface area contributed by atoms with Crippen molar-refractivity contribution in [3.05, 3.63) is 41.3 Å². The van der Waals surface area contributed by atoms with E-state index in [0.29, 0.717) is 35.6 Å². The molecule has 1 aromatic carbocycles. The fraction of sp³-hybridized carbons (Fsp3) is 0.316. The van der Waals surface area contributed by atoms with Crippen LogP contribution in [0.1, 0.15) is 29.6 Å². The smallest absolute Gasteiger partial charge is 0.337 e. The summed E-state index contributed by atoms with van der Waals surface area (Å²) in [5.41, 5.74) is 1.03. The van der Waals surface area contributed by atoms with Crippen LogP contribution in [-0.2, 0) is 19.6 Å². The maximum absolute atomic E-state index is 13.0. The normalized spacial score (nSPS) is 17.7. The minimum atomic E-state index is -3.73. The number of carbonyl (C=O) groups is 2. The molecular formula is C19H19N3O5S3. The molecule has 1 atom stereocenters. The highest BCUT2D eigenvalue weighted by Gasteiger charge is 2.38. The number of methoxy groups -OCH3 is 1. The van der Waals surface area contributed by atoms with Crippen molar-refractivity contribution in [2.45, 2.75) is 29.5 Å². The number of hydrogen-bond acceptors (Lipinski definition) is 8. The Bertz CT molecular complexity index is 1190. The van der Waals surface area contributed by atoms with E-state index >= 15 is 0 Å². The van der Waals surface area contributed by atoms with Crippen LogP contribution in [-0.4, -0.2) is 49.3 Å². The van der Waals surface area contributed by atoms with E-state index in [9.17, 15) is 18.0 Å². The second kappa shape index (κ2) is 8.42. The van der Waals surface area contributed by atoms with Crippen molar-refractivity contribution >= 4 is 59.9 Å². The number of aromatic nitrogens is 1. The first-order chi connectivity index (χ1) is 14.4. The molecule has 1 aliphatic rings. The van der Waals surface area contributed by atoms with E-state index in [4.69, 9.17) is 4.74 Å². The quantitative estimate of drug-likeness (QED) is 0.580. The number of thiophene rings is 1. The highest BCUT2D eigenvalue weighted by Crippen LogP contribution is 2.30. The van der Waals surface area contributed by atoms with E-state index in [1.165, 1.54) is 22.8 Å². The number of rotatable bonds is 5. The van der Waals surface area contributed by atoms with Crippen LogP contribution in [0.15, 0.2) is 39.9 Å². The summed E-state index contributed by atoms with van der Waals surface area (Å²) in [6.07, 6.45) is 1.94. The van der Waals surface area contributed by atoms with Gasteiger partial charge in [-0.25, -0.2) is 18.2 Å². The summed E-state index contributed by atoms with van der Waals surface area (Å²) in [5.74, 6) is -0.852. The summed E-state index contributed by atoms with van der Waals surface area (Å²) in [6, 6.07) is 7.39. The number of nitrogens with one attached hydrogen (secondary N) is 1. The van der Waals surface area contributed by atoms with Gasteiger partial charge in [-0.1, -0.05) is 23.8 Å². The molecule has 11 heteroatoms. The zero-order valence-electron chi connectivity index (χ0n) is 16.0. The Kier molecular flexibility index (Phi) is 5.87. The third-order valence-electron chi connectivity index (χ3n) is 4.85. The number of carbonyl (C=O) groups excluding carboxylic acids is 2. The number of fused-ring (bicyclic) bond motifs is 1. The van der Waals surface area contributed by atoms with E-state index in [2.05, 4.69) is 10.3 Å². The number of nitrogens with zero attached hydrogens (tertiary/aromatic N) is 2. The maximum atomic E-state index is 13.0. The Morgan fingerprint density at radius 3 is 2.83 bits per heavy atom. The van der Waals surface area contributed by atoms with Gasteiger partial charge in [0.2, 0.25) is 5.91 Å². The van der Waals surface area contributed by atoms with E-state index < -0.39 is 27.9 Å². The third kappa shape index (κ3) is 3.97. The van der Waals surface area contributed by atoms with Crippen LogP contribution < -0.4 is 5.32 Å². The van der Waals surface area contributed by atoms with Crippen molar-refractivity contribution in [3.8, 4) is 0 Å². The second-order valence-corrected chi connectivity index (χ2v) is 10.8. The van der Waals surface area contributed by atoms with Gasteiger partial charge in [-0.15, -0.1) is 11.3 Å². The molecule has 1 aliphatic heterocycles. The van der Waals surface area contributed by atoms with Crippen molar-refractivity contribution in [2.24, 2.45) is 0 Å². The Hall–Kier alpha value is -2.34. The molecule has 0 spiro atoms.